The highest BCUT2D eigenvalue weighted by atomic mass is 19.4. The Morgan fingerprint density at radius 3 is 1.93 bits per heavy atom. The molecule has 2 saturated heterocycles. The summed E-state index contributed by atoms with van der Waals surface area (Å²) in [5.41, 5.74) is 0.746. The maximum absolute atomic E-state index is 12.6. The molecule has 0 radical (unpaired) electrons. The number of alkyl halides is 3. The van der Waals surface area contributed by atoms with Gasteiger partial charge >= 0.3 is 36.0 Å². The van der Waals surface area contributed by atoms with Crippen molar-refractivity contribution in [3.63, 3.8) is 0 Å². The average Bonchev–Trinajstić information content (AvgIpc) is 3.08. The van der Waals surface area contributed by atoms with Crippen LogP contribution in [0.3, 0.4) is 0 Å². The lowest BCUT2D eigenvalue weighted by atomic mass is 9.95. The smallest absolute Gasteiger partial charge is 0.463 e. The Morgan fingerprint density at radius 1 is 0.764 bits per heavy atom. The number of amides is 2. The van der Waals surface area contributed by atoms with Crippen LogP contribution >= 0.6 is 0 Å². The second kappa shape index (κ2) is 21.0. The quantitative estimate of drug-likeness (QED) is 0.110. The average molecular weight is 795 g/mol. The van der Waals surface area contributed by atoms with Crippen molar-refractivity contribution in [2.24, 2.45) is 0 Å². The summed E-state index contributed by atoms with van der Waals surface area (Å²) in [6.07, 6.45) is -19.3. The molecule has 3 rings (SSSR count). The zero-order valence-corrected chi connectivity index (χ0v) is 30.6. The number of ether oxygens (including phenoxy) is 9. The number of hydrogen-bond donors (Lipinski definition) is 3. The lowest BCUT2D eigenvalue weighted by molar-refractivity contribution is -0.350. The van der Waals surface area contributed by atoms with Crippen molar-refractivity contribution in [2.75, 3.05) is 26.4 Å². The molecule has 1 aromatic carbocycles. The van der Waals surface area contributed by atoms with Crippen molar-refractivity contribution in [3.05, 3.63) is 35.9 Å². The molecule has 2 amide bonds. The standard InChI is InChI=1S/C34H45F3N2O16/c1-17(40)39-25-29(51-20(4)43)28(55-32-30(52-21(5)44)26(45)27(50-19(3)42)24(54-32)16-49-18(2)41)23(15-47-14-22-10-7-6-8-11-22)53-31(25)48-13-9-12-38-33(46)34(35,36)37/h6-8,10-11,23-32,45H,9,12-16H2,1-5H3,(H,38,46)(H,39,40)/t23-,24-,25-,26+,27+,28-,29-,30-,31-,32+/m0/s1. The molecule has 55 heavy (non-hydrogen) atoms. The first-order valence-corrected chi connectivity index (χ1v) is 17.0. The van der Waals surface area contributed by atoms with Gasteiger partial charge in [-0.1, -0.05) is 30.3 Å². The van der Waals surface area contributed by atoms with E-state index in [0.717, 1.165) is 40.2 Å². The zero-order chi connectivity index (χ0) is 40.9. The fourth-order valence-electron chi connectivity index (χ4n) is 5.65. The molecule has 3 N–H and O–H groups in total. The molecular weight excluding hydrogens is 749 g/mol. The van der Waals surface area contributed by atoms with Crippen LogP contribution < -0.4 is 10.6 Å². The van der Waals surface area contributed by atoms with Crippen LogP contribution in [0.15, 0.2) is 30.3 Å². The highest BCUT2D eigenvalue weighted by molar-refractivity contribution is 5.81. The Hall–Kier alpha value is -4.41. The molecule has 0 saturated carbocycles. The molecule has 10 atom stereocenters. The maximum Gasteiger partial charge on any atom is 0.471 e. The highest BCUT2D eigenvalue weighted by Gasteiger charge is 2.55. The molecule has 0 aliphatic carbocycles. The van der Waals surface area contributed by atoms with Gasteiger partial charge in [0.1, 0.15) is 37.1 Å². The van der Waals surface area contributed by atoms with Crippen LogP contribution in [0, 0.1) is 0 Å². The van der Waals surface area contributed by atoms with E-state index in [2.05, 4.69) is 5.32 Å². The van der Waals surface area contributed by atoms with Crippen LogP contribution in [-0.2, 0) is 78.0 Å². The molecule has 308 valence electrons. The monoisotopic (exact) mass is 794 g/mol. The van der Waals surface area contributed by atoms with Crippen molar-refractivity contribution in [1.29, 1.82) is 0 Å². The van der Waals surface area contributed by atoms with Gasteiger partial charge in [0.2, 0.25) is 5.91 Å². The number of hydrogen-bond acceptors (Lipinski definition) is 16. The van der Waals surface area contributed by atoms with Crippen molar-refractivity contribution >= 4 is 35.7 Å². The summed E-state index contributed by atoms with van der Waals surface area (Å²) in [7, 11) is 0. The number of rotatable bonds is 17. The van der Waals surface area contributed by atoms with Crippen LogP contribution in [0.1, 0.15) is 46.6 Å². The molecule has 0 aromatic heterocycles. The van der Waals surface area contributed by atoms with E-state index >= 15 is 0 Å². The zero-order valence-electron chi connectivity index (χ0n) is 30.6. The molecule has 2 aliphatic heterocycles. The van der Waals surface area contributed by atoms with Crippen molar-refractivity contribution < 1.29 is 89.7 Å². The number of halogens is 3. The maximum atomic E-state index is 12.6. The Balaban J connectivity index is 2.01. The summed E-state index contributed by atoms with van der Waals surface area (Å²) >= 11 is 0. The topological polar surface area (TPSA) is 230 Å². The van der Waals surface area contributed by atoms with Gasteiger partial charge in [-0.3, -0.25) is 28.8 Å². The molecule has 21 heteroatoms. The number of aliphatic hydroxyl groups is 1. The predicted molar refractivity (Wildman–Crippen MR) is 175 cm³/mol. The number of esters is 4. The van der Waals surface area contributed by atoms with Gasteiger partial charge in [-0.05, 0) is 12.0 Å². The predicted octanol–water partition coefficient (Wildman–Crippen LogP) is 0.347. The second-order valence-electron chi connectivity index (χ2n) is 12.4. The summed E-state index contributed by atoms with van der Waals surface area (Å²) in [6.45, 7) is 3.72. The van der Waals surface area contributed by atoms with E-state index in [9.17, 15) is 47.0 Å². The number of carbonyl (C=O) groups excluding carboxylic acids is 6. The fourth-order valence-corrected chi connectivity index (χ4v) is 5.65. The summed E-state index contributed by atoms with van der Waals surface area (Å²) in [5.74, 6) is -6.23. The molecule has 2 aliphatic rings. The van der Waals surface area contributed by atoms with E-state index in [1.165, 1.54) is 0 Å². The van der Waals surface area contributed by atoms with E-state index < -0.39 is 116 Å². The lowest BCUT2D eigenvalue weighted by Crippen LogP contribution is -2.69. The van der Waals surface area contributed by atoms with Gasteiger partial charge in [0.25, 0.3) is 0 Å². The molecule has 1 aromatic rings. The van der Waals surface area contributed by atoms with E-state index in [4.69, 9.17) is 42.6 Å². The van der Waals surface area contributed by atoms with Crippen LogP contribution in [0.25, 0.3) is 0 Å². The minimum atomic E-state index is -5.10. The largest absolute Gasteiger partial charge is 0.471 e. The van der Waals surface area contributed by atoms with Crippen molar-refractivity contribution in [1.82, 2.24) is 10.6 Å². The minimum Gasteiger partial charge on any atom is -0.463 e. The number of benzene rings is 1. The first-order chi connectivity index (χ1) is 25.9. The second-order valence-corrected chi connectivity index (χ2v) is 12.4. The lowest BCUT2D eigenvalue weighted by Gasteiger charge is -2.49. The van der Waals surface area contributed by atoms with Crippen LogP contribution in [-0.4, -0.2) is 135 Å². The highest BCUT2D eigenvalue weighted by Crippen LogP contribution is 2.34. The van der Waals surface area contributed by atoms with Crippen molar-refractivity contribution in [3.8, 4) is 0 Å². The van der Waals surface area contributed by atoms with Crippen LogP contribution in [0.2, 0.25) is 0 Å². The van der Waals surface area contributed by atoms with Crippen molar-refractivity contribution in [2.45, 2.75) is 115 Å². The summed E-state index contributed by atoms with van der Waals surface area (Å²) in [5, 5.41) is 15.6. The molecule has 0 unspecified atom stereocenters. The Bertz CT molecular complexity index is 1470. The van der Waals surface area contributed by atoms with Crippen LogP contribution in [0.5, 0.6) is 0 Å². The van der Waals surface area contributed by atoms with Gasteiger partial charge in [-0.25, -0.2) is 0 Å². The van der Waals surface area contributed by atoms with Gasteiger partial charge in [-0.15, -0.1) is 0 Å². The Kier molecular flexibility index (Phi) is 17.2. The molecule has 0 spiro atoms. The molecule has 2 heterocycles. The third-order valence-corrected chi connectivity index (χ3v) is 7.82. The number of nitrogens with one attached hydrogen (secondary N) is 2. The van der Waals surface area contributed by atoms with E-state index in [0.29, 0.717) is 0 Å². The normalized spacial score (nSPS) is 27.9. The fraction of sp³-hybridized carbons (Fsp3) is 0.647. The molecule has 18 nitrogen and oxygen atoms in total. The molecule has 2 fully saturated rings. The van der Waals surface area contributed by atoms with Gasteiger partial charge in [0.05, 0.1) is 19.8 Å². The third kappa shape index (κ3) is 14.3. The van der Waals surface area contributed by atoms with E-state index in [1.54, 1.807) is 35.6 Å². The first-order valence-electron chi connectivity index (χ1n) is 17.0. The van der Waals surface area contributed by atoms with Crippen LogP contribution in [0.4, 0.5) is 13.2 Å². The van der Waals surface area contributed by atoms with E-state index in [-0.39, 0.29) is 26.2 Å². The van der Waals surface area contributed by atoms with E-state index in [1.807, 2.05) is 0 Å². The summed E-state index contributed by atoms with van der Waals surface area (Å²) < 4.78 is 89.5. The Morgan fingerprint density at radius 2 is 1.35 bits per heavy atom. The van der Waals surface area contributed by atoms with Gasteiger partial charge in [0, 0.05) is 41.2 Å². The molecular formula is C34H45F3N2O16. The summed E-state index contributed by atoms with van der Waals surface area (Å²) in [6, 6.07) is 7.50. The van der Waals surface area contributed by atoms with Gasteiger partial charge in [-0.2, -0.15) is 13.2 Å². The number of aliphatic hydroxyl groups excluding tert-OH is 1. The third-order valence-electron chi connectivity index (χ3n) is 7.82. The SMILES string of the molecule is CC(=O)N[C@@H]1[C@@H](OCCCNC(=O)C(F)(F)F)O[C@@H](COCc2ccccc2)[C@H](O[C@H]2O[C@@H](COC(C)=O)[C@@H](OC(C)=O)[C@@H](O)[C@@H]2OC(C)=O)[C@H]1OC(C)=O. The first kappa shape index (κ1) is 45.0. The van der Waals surface area contributed by atoms with Gasteiger partial charge < -0.3 is 58.4 Å². The number of carbonyl (C=O) groups is 6. The Labute approximate surface area is 313 Å². The van der Waals surface area contributed by atoms with Gasteiger partial charge in [0.15, 0.2) is 30.9 Å². The summed E-state index contributed by atoms with van der Waals surface area (Å²) in [4.78, 5) is 72.2. The minimum absolute atomic E-state index is 0.0362. The molecule has 0 bridgehead atoms.